The summed E-state index contributed by atoms with van der Waals surface area (Å²) in [5.74, 6) is 2.39. The largest absolute Gasteiger partial charge is 0.496 e. The van der Waals surface area contributed by atoms with Crippen molar-refractivity contribution in [3.05, 3.63) is 102 Å². The van der Waals surface area contributed by atoms with Crippen LogP contribution in [0, 0.1) is 0 Å². The molecule has 0 radical (unpaired) electrons. The standard InChI is InChI=1S/C38H47NO8/c1-41-25-31(40)26-47-37-22-39-21-36(46-23-27-19-29-9-4-6-11-33(29)35(20-27)43-3)38(37)28-13-15-32(16-14-28)45-18-8-17-44-24-30-10-5-7-12-34(30)42-2/h4-7,9-16,19-20,31,36-40H,8,17-18,21-26H2,1-3H3/t31-,36?,37+,38+/m0/s1. The zero-order valence-corrected chi connectivity index (χ0v) is 27.6. The van der Waals surface area contributed by atoms with Crippen LogP contribution in [0.2, 0.25) is 0 Å². The zero-order chi connectivity index (χ0) is 32.8. The number of ether oxygens (including phenoxy) is 7. The third-order valence-corrected chi connectivity index (χ3v) is 8.34. The van der Waals surface area contributed by atoms with Gasteiger partial charge in [0.25, 0.3) is 0 Å². The lowest BCUT2D eigenvalue weighted by Crippen LogP contribution is -2.51. The second-order valence-electron chi connectivity index (χ2n) is 11.7. The normalized spacial score (nSPS) is 18.6. The maximum Gasteiger partial charge on any atom is 0.127 e. The van der Waals surface area contributed by atoms with Crippen molar-refractivity contribution >= 4 is 10.8 Å². The second-order valence-corrected chi connectivity index (χ2v) is 11.7. The van der Waals surface area contributed by atoms with Crippen LogP contribution in [-0.4, -0.2) is 84.3 Å². The van der Waals surface area contributed by atoms with Crippen LogP contribution in [-0.2, 0) is 32.2 Å². The smallest absolute Gasteiger partial charge is 0.127 e. The molecule has 252 valence electrons. The molecule has 47 heavy (non-hydrogen) atoms. The van der Waals surface area contributed by atoms with E-state index in [0.717, 1.165) is 51.1 Å². The fourth-order valence-corrected chi connectivity index (χ4v) is 6.02. The molecule has 1 saturated heterocycles. The van der Waals surface area contributed by atoms with Gasteiger partial charge in [-0.25, -0.2) is 0 Å². The van der Waals surface area contributed by atoms with Gasteiger partial charge in [-0.2, -0.15) is 0 Å². The van der Waals surface area contributed by atoms with Gasteiger partial charge < -0.3 is 43.6 Å². The van der Waals surface area contributed by atoms with Gasteiger partial charge in [0.1, 0.15) is 23.4 Å². The number of rotatable bonds is 18. The molecule has 4 aromatic carbocycles. The molecule has 1 aliphatic heterocycles. The zero-order valence-electron chi connectivity index (χ0n) is 27.6. The van der Waals surface area contributed by atoms with Gasteiger partial charge in [0.2, 0.25) is 0 Å². The van der Waals surface area contributed by atoms with Gasteiger partial charge in [0.05, 0.1) is 66.1 Å². The van der Waals surface area contributed by atoms with Crippen LogP contribution in [0.4, 0.5) is 0 Å². The summed E-state index contributed by atoms with van der Waals surface area (Å²) in [5, 5.41) is 15.9. The Morgan fingerprint density at radius 1 is 0.766 bits per heavy atom. The molecule has 9 heteroatoms. The summed E-state index contributed by atoms with van der Waals surface area (Å²) < 4.78 is 40.9. The lowest BCUT2D eigenvalue weighted by molar-refractivity contribution is -0.0856. The summed E-state index contributed by atoms with van der Waals surface area (Å²) in [5.41, 5.74) is 3.15. The van der Waals surface area contributed by atoms with Crippen LogP contribution in [0.15, 0.2) is 84.9 Å². The summed E-state index contributed by atoms with van der Waals surface area (Å²) in [6.45, 7) is 3.74. The Labute approximate surface area is 277 Å². The lowest BCUT2D eigenvalue weighted by Gasteiger charge is -2.39. The Balaban J connectivity index is 1.21. The molecule has 0 amide bonds. The maximum atomic E-state index is 10.3. The molecule has 0 aliphatic carbocycles. The van der Waals surface area contributed by atoms with Crippen LogP contribution in [0.25, 0.3) is 10.8 Å². The summed E-state index contributed by atoms with van der Waals surface area (Å²) in [6.07, 6.45) is -0.321. The Hall–Kier alpha value is -3.70. The molecule has 2 N–H and O–H groups in total. The molecule has 4 aromatic rings. The molecule has 1 fully saturated rings. The van der Waals surface area contributed by atoms with Crippen LogP contribution >= 0.6 is 0 Å². The number of para-hydroxylation sites is 1. The Kier molecular flexibility index (Phi) is 13.3. The van der Waals surface area contributed by atoms with Crippen molar-refractivity contribution in [3.63, 3.8) is 0 Å². The first-order chi connectivity index (χ1) is 23.1. The minimum Gasteiger partial charge on any atom is -0.496 e. The topological polar surface area (TPSA) is 96.9 Å². The Bertz CT molecular complexity index is 1510. The number of piperidine rings is 1. The van der Waals surface area contributed by atoms with Crippen LogP contribution in [0.3, 0.4) is 0 Å². The highest BCUT2D eigenvalue weighted by Gasteiger charge is 2.36. The number of nitrogens with one attached hydrogen (secondary N) is 1. The predicted molar refractivity (Wildman–Crippen MR) is 182 cm³/mol. The van der Waals surface area contributed by atoms with Gasteiger partial charge in [-0.3, -0.25) is 0 Å². The van der Waals surface area contributed by atoms with Gasteiger partial charge in [0.15, 0.2) is 0 Å². The second kappa shape index (κ2) is 18.0. The van der Waals surface area contributed by atoms with Crippen molar-refractivity contribution < 1.29 is 38.3 Å². The van der Waals surface area contributed by atoms with E-state index in [-0.39, 0.29) is 31.3 Å². The molecule has 1 heterocycles. The van der Waals surface area contributed by atoms with Crippen molar-refractivity contribution in [3.8, 4) is 17.2 Å². The Morgan fingerprint density at radius 2 is 1.51 bits per heavy atom. The van der Waals surface area contributed by atoms with Gasteiger partial charge in [-0.15, -0.1) is 0 Å². The van der Waals surface area contributed by atoms with Crippen LogP contribution in [0.1, 0.15) is 29.0 Å². The van der Waals surface area contributed by atoms with Gasteiger partial charge in [-0.05, 0) is 46.8 Å². The summed E-state index contributed by atoms with van der Waals surface area (Å²) in [4.78, 5) is 0. The van der Waals surface area contributed by atoms with Crippen molar-refractivity contribution in [2.75, 3.05) is 60.8 Å². The number of fused-ring (bicyclic) bond motifs is 1. The van der Waals surface area contributed by atoms with Crippen molar-refractivity contribution in [2.45, 2.75) is 43.9 Å². The molecule has 0 aromatic heterocycles. The number of hydrogen-bond donors (Lipinski definition) is 2. The molecular weight excluding hydrogens is 598 g/mol. The number of aliphatic hydroxyl groups excluding tert-OH is 1. The lowest BCUT2D eigenvalue weighted by atomic mass is 9.85. The van der Waals surface area contributed by atoms with E-state index in [4.69, 9.17) is 33.2 Å². The van der Waals surface area contributed by atoms with Crippen molar-refractivity contribution in [1.82, 2.24) is 5.32 Å². The van der Waals surface area contributed by atoms with Crippen molar-refractivity contribution in [1.29, 1.82) is 0 Å². The van der Waals surface area contributed by atoms with E-state index in [9.17, 15) is 5.11 Å². The summed E-state index contributed by atoms with van der Waals surface area (Å²) in [6, 6.07) is 28.4. The molecule has 5 rings (SSSR count). The quantitative estimate of drug-likeness (QED) is 0.136. The SMILES string of the molecule is COC[C@H](O)CO[C@@H]1CNCC(OCc2cc(OC)c3ccccc3c2)[C@H]1c1ccc(OCCCOCc2ccccc2OC)cc1. The van der Waals surface area contributed by atoms with E-state index in [1.807, 2.05) is 54.6 Å². The Morgan fingerprint density at radius 3 is 2.30 bits per heavy atom. The fourth-order valence-electron chi connectivity index (χ4n) is 6.02. The van der Waals surface area contributed by atoms with E-state index in [1.165, 1.54) is 0 Å². The monoisotopic (exact) mass is 645 g/mol. The molecule has 9 nitrogen and oxygen atoms in total. The number of hydrogen-bond acceptors (Lipinski definition) is 9. The van der Waals surface area contributed by atoms with Gasteiger partial charge in [0, 0.05) is 43.5 Å². The highest BCUT2D eigenvalue weighted by molar-refractivity contribution is 5.89. The van der Waals surface area contributed by atoms with E-state index < -0.39 is 6.10 Å². The van der Waals surface area contributed by atoms with Gasteiger partial charge in [-0.1, -0.05) is 54.6 Å². The molecular formula is C38H47NO8. The van der Waals surface area contributed by atoms with E-state index in [0.29, 0.717) is 39.5 Å². The highest BCUT2D eigenvalue weighted by Crippen LogP contribution is 2.33. The molecule has 0 spiro atoms. The summed E-state index contributed by atoms with van der Waals surface area (Å²) >= 11 is 0. The maximum absolute atomic E-state index is 10.3. The molecule has 1 unspecified atom stereocenters. The first kappa shape index (κ1) is 34.6. The number of benzene rings is 4. The van der Waals surface area contributed by atoms with Gasteiger partial charge >= 0.3 is 0 Å². The molecule has 0 bridgehead atoms. The predicted octanol–water partition coefficient (Wildman–Crippen LogP) is 5.51. The van der Waals surface area contributed by atoms with E-state index >= 15 is 0 Å². The third kappa shape index (κ3) is 9.67. The highest BCUT2D eigenvalue weighted by atomic mass is 16.5. The van der Waals surface area contributed by atoms with E-state index in [1.54, 1.807) is 21.3 Å². The average Bonchev–Trinajstić information content (AvgIpc) is 3.11. The first-order valence-electron chi connectivity index (χ1n) is 16.2. The minimum absolute atomic E-state index is 0.0641. The number of methoxy groups -OCH3 is 3. The van der Waals surface area contributed by atoms with Crippen LogP contribution in [0.5, 0.6) is 17.2 Å². The van der Waals surface area contributed by atoms with E-state index in [2.05, 4.69) is 35.6 Å². The minimum atomic E-state index is -0.707. The third-order valence-electron chi connectivity index (χ3n) is 8.34. The molecule has 4 atom stereocenters. The summed E-state index contributed by atoms with van der Waals surface area (Å²) in [7, 11) is 4.93. The first-order valence-corrected chi connectivity index (χ1v) is 16.2. The van der Waals surface area contributed by atoms with Crippen molar-refractivity contribution in [2.24, 2.45) is 0 Å². The fraction of sp³-hybridized carbons (Fsp3) is 0.421. The van der Waals surface area contributed by atoms with Crippen LogP contribution < -0.4 is 19.5 Å². The number of aliphatic hydroxyl groups is 1. The average molecular weight is 646 g/mol. The molecule has 0 saturated carbocycles. The molecule has 1 aliphatic rings.